The van der Waals surface area contributed by atoms with E-state index >= 15 is 0 Å². The summed E-state index contributed by atoms with van der Waals surface area (Å²) in [5, 5.41) is 1.15. The van der Waals surface area contributed by atoms with E-state index in [-0.39, 0.29) is 11.8 Å². The first-order valence-electron chi connectivity index (χ1n) is 7.37. The van der Waals surface area contributed by atoms with E-state index in [1.165, 1.54) is 5.69 Å². The zero-order valence-corrected chi connectivity index (χ0v) is 12.1. The number of nitrogens with one attached hydrogen (secondary N) is 1. The monoisotopic (exact) mass is 271 g/mol. The van der Waals surface area contributed by atoms with Gasteiger partial charge >= 0.3 is 0 Å². The molecule has 1 N–H and O–H groups in total. The van der Waals surface area contributed by atoms with Crippen LogP contribution in [0.5, 0.6) is 0 Å². The first kappa shape index (κ1) is 13.2. The maximum absolute atomic E-state index is 12.2. The van der Waals surface area contributed by atoms with E-state index in [0.29, 0.717) is 5.92 Å². The standard InChI is InChI=1S/C16H21N3O/c1-11(2)16(20)19-8-4-6-13(10-19)14-9-12-5-3-7-17-15(12)18-14/h3,5,7,9,11,13H,4,6,8,10H2,1-2H3,(H,17,18). The van der Waals surface area contributed by atoms with Gasteiger partial charge in [-0.05, 0) is 31.0 Å². The number of nitrogens with zero attached hydrogens (tertiary/aromatic N) is 2. The Morgan fingerprint density at radius 1 is 1.50 bits per heavy atom. The number of hydrogen-bond acceptors (Lipinski definition) is 2. The summed E-state index contributed by atoms with van der Waals surface area (Å²) in [6, 6.07) is 6.20. The van der Waals surface area contributed by atoms with Crippen molar-refractivity contribution >= 4 is 16.9 Å². The van der Waals surface area contributed by atoms with Gasteiger partial charge in [0, 0.05) is 42.2 Å². The molecule has 0 aliphatic carbocycles. The highest BCUT2D eigenvalue weighted by Crippen LogP contribution is 2.28. The van der Waals surface area contributed by atoms with Gasteiger partial charge in [0.1, 0.15) is 5.65 Å². The minimum Gasteiger partial charge on any atom is -0.343 e. The van der Waals surface area contributed by atoms with E-state index in [9.17, 15) is 4.79 Å². The van der Waals surface area contributed by atoms with Crippen LogP contribution in [0.3, 0.4) is 0 Å². The van der Waals surface area contributed by atoms with Gasteiger partial charge in [0.25, 0.3) is 0 Å². The van der Waals surface area contributed by atoms with Gasteiger partial charge in [-0.1, -0.05) is 13.8 Å². The lowest BCUT2D eigenvalue weighted by Crippen LogP contribution is -2.41. The third-order valence-corrected chi connectivity index (χ3v) is 4.08. The van der Waals surface area contributed by atoms with Crippen LogP contribution < -0.4 is 0 Å². The number of amides is 1. The fourth-order valence-corrected chi connectivity index (χ4v) is 3.00. The van der Waals surface area contributed by atoms with Gasteiger partial charge in [-0.25, -0.2) is 4.98 Å². The van der Waals surface area contributed by atoms with Gasteiger partial charge in [0.05, 0.1) is 0 Å². The summed E-state index contributed by atoms with van der Waals surface area (Å²) in [5.74, 6) is 0.753. The van der Waals surface area contributed by atoms with Crippen LogP contribution in [0.15, 0.2) is 24.4 Å². The Hall–Kier alpha value is -1.84. The van der Waals surface area contributed by atoms with Crippen molar-refractivity contribution in [2.45, 2.75) is 32.6 Å². The first-order valence-corrected chi connectivity index (χ1v) is 7.37. The molecule has 3 rings (SSSR count). The molecule has 106 valence electrons. The molecule has 0 aromatic carbocycles. The van der Waals surface area contributed by atoms with Crippen molar-refractivity contribution in [2.24, 2.45) is 5.92 Å². The molecule has 0 radical (unpaired) electrons. The predicted octanol–water partition coefficient (Wildman–Crippen LogP) is 2.92. The molecule has 20 heavy (non-hydrogen) atoms. The number of piperidine rings is 1. The number of fused-ring (bicyclic) bond motifs is 1. The van der Waals surface area contributed by atoms with Crippen molar-refractivity contribution in [1.29, 1.82) is 0 Å². The van der Waals surface area contributed by atoms with Crippen molar-refractivity contribution < 1.29 is 4.79 Å². The SMILES string of the molecule is CC(C)C(=O)N1CCCC(c2cc3cccnc3[nH]2)C1. The minimum absolute atomic E-state index is 0.0816. The molecule has 1 saturated heterocycles. The number of H-pyrrole nitrogens is 1. The summed E-state index contributed by atoms with van der Waals surface area (Å²) in [4.78, 5) is 21.9. The lowest BCUT2D eigenvalue weighted by Gasteiger charge is -2.33. The van der Waals surface area contributed by atoms with E-state index < -0.39 is 0 Å². The summed E-state index contributed by atoms with van der Waals surface area (Å²) < 4.78 is 0. The van der Waals surface area contributed by atoms with E-state index in [1.807, 2.05) is 24.8 Å². The Morgan fingerprint density at radius 3 is 3.10 bits per heavy atom. The van der Waals surface area contributed by atoms with Crippen LogP contribution in [0.4, 0.5) is 0 Å². The van der Waals surface area contributed by atoms with Crippen LogP contribution in [0.25, 0.3) is 11.0 Å². The molecule has 1 amide bonds. The molecule has 1 atom stereocenters. The molecule has 0 bridgehead atoms. The van der Waals surface area contributed by atoms with Gasteiger partial charge in [0.15, 0.2) is 0 Å². The first-order chi connectivity index (χ1) is 9.65. The van der Waals surface area contributed by atoms with E-state index in [2.05, 4.69) is 22.1 Å². The quantitative estimate of drug-likeness (QED) is 0.913. The van der Waals surface area contributed by atoms with Gasteiger partial charge in [0.2, 0.25) is 5.91 Å². The molecule has 0 saturated carbocycles. The van der Waals surface area contributed by atoms with E-state index in [0.717, 1.165) is 37.0 Å². The summed E-state index contributed by atoms with van der Waals surface area (Å²) in [7, 11) is 0. The molecule has 1 fully saturated rings. The third kappa shape index (κ3) is 2.42. The molecule has 2 aromatic rings. The Bertz CT molecular complexity index is 584. The van der Waals surface area contributed by atoms with Gasteiger partial charge in [-0.2, -0.15) is 0 Å². The average Bonchev–Trinajstić information content (AvgIpc) is 2.90. The molecule has 1 aliphatic heterocycles. The fourth-order valence-electron chi connectivity index (χ4n) is 3.00. The molecule has 4 nitrogen and oxygen atoms in total. The Kier molecular flexibility index (Phi) is 3.47. The number of carbonyl (C=O) groups excluding carboxylic acids is 1. The molecule has 0 spiro atoms. The highest BCUT2D eigenvalue weighted by molar-refractivity contribution is 5.78. The van der Waals surface area contributed by atoms with Crippen LogP contribution in [0, 0.1) is 5.92 Å². The molecule has 2 aromatic heterocycles. The third-order valence-electron chi connectivity index (χ3n) is 4.08. The molecule has 1 aliphatic rings. The van der Waals surface area contributed by atoms with E-state index in [1.54, 1.807) is 6.20 Å². The van der Waals surface area contributed by atoms with Crippen LogP contribution in [-0.2, 0) is 4.79 Å². The van der Waals surface area contributed by atoms with Crippen molar-refractivity contribution in [3.05, 3.63) is 30.1 Å². The largest absolute Gasteiger partial charge is 0.343 e. The topological polar surface area (TPSA) is 49.0 Å². The van der Waals surface area contributed by atoms with Gasteiger partial charge in [-0.3, -0.25) is 4.79 Å². The molecular formula is C16H21N3O. The Labute approximate surface area is 119 Å². The summed E-state index contributed by atoms with van der Waals surface area (Å²) in [6.45, 7) is 5.66. The lowest BCUT2D eigenvalue weighted by molar-refractivity contribution is -0.135. The zero-order valence-electron chi connectivity index (χ0n) is 12.1. The normalized spacial score (nSPS) is 19.8. The second-order valence-corrected chi connectivity index (χ2v) is 5.94. The van der Waals surface area contributed by atoms with Crippen molar-refractivity contribution in [3.63, 3.8) is 0 Å². The van der Waals surface area contributed by atoms with Gasteiger partial charge in [-0.15, -0.1) is 0 Å². The van der Waals surface area contributed by atoms with Crippen molar-refractivity contribution in [2.75, 3.05) is 13.1 Å². The number of pyridine rings is 1. The predicted molar refractivity (Wildman–Crippen MR) is 79.5 cm³/mol. The van der Waals surface area contributed by atoms with E-state index in [4.69, 9.17) is 0 Å². The number of aromatic nitrogens is 2. The summed E-state index contributed by atoms with van der Waals surface area (Å²) in [5.41, 5.74) is 2.15. The summed E-state index contributed by atoms with van der Waals surface area (Å²) >= 11 is 0. The number of rotatable bonds is 2. The average molecular weight is 271 g/mol. The van der Waals surface area contributed by atoms with Crippen LogP contribution in [-0.4, -0.2) is 33.9 Å². The van der Waals surface area contributed by atoms with Crippen LogP contribution in [0.1, 0.15) is 38.3 Å². The maximum atomic E-state index is 12.2. The Morgan fingerprint density at radius 2 is 2.35 bits per heavy atom. The number of hydrogen-bond donors (Lipinski definition) is 1. The minimum atomic E-state index is 0.0816. The van der Waals surface area contributed by atoms with Crippen LogP contribution in [0.2, 0.25) is 0 Å². The lowest BCUT2D eigenvalue weighted by atomic mass is 9.94. The molecule has 3 heterocycles. The van der Waals surface area contributed by atoms with Crippen LogP contribution >= 0.6 is 0 Å². The Balaban J connectivity index is 1.81. The fraction of sp³-hybridized carbons (Fsp3) is 0.500. The number of aromatic amines is 1. The van der Waals surface area contributed by atoms with Gasteiger partial charge < -0.3 is 9.88 Å². The molecule has 1 unspecified atom stereocenters. The summed E-state index contributed by atoms with van der Waals surface area (Å²) in [6.07, 6.45) is 4.01. The number of carbonyl (C=O) groups is 1. The second-order valence-electron chi connectivity index (χ2n) is 5.94. The highest BCUT2D eigenvalue weighted by atomic mass is 16.2. The highest BCUT2D eigenvalue weighted by Gasteiger charge is 2.26. The second kappa shape index (κ2) is 5.27. The molecular weight excluding hydrogens is 250 g/mol. The number of likely N-dealkylation sites (tertiary alicyclic amines) is 1. The maximum Gasteiger partial charge on any atom is 0.225 e. The zero-order chi connectivity index (χ0) is 14.1. The van der Waals surface area contributed by atoms with Crippen molar-refractivity contribution in [3.8, 4) is 0 Å². The van der Waals surface area contributed by atoms with Crippen molar-refractivity contribution in [1.82, 2.24) is 14.9 Å². The smallest absolute Gasteiger partial charge is 0.225 e. The molecule has 4 heteroatoms.